The molecule has 0 saturated heterocycles. The van der Waals surface area contributed by atoms with E-state index in [-0.39, 0.29) is 23.9 Å². The largest absolute Gasteiger partial charge is 0.416 e. The van der Waals surface area contributed by atoms with Crippen molar-refractivity contribution in [2.45, 2.75) is 31.7 Å². The number of nitrogens with zero attached hydrogens (tertiary/aromatic N) is 1. The summed E-state index contributed by atoms with van der Waals surface area (Å²) in [7, 11) is 0. The SMILES string of the molecule is CC[C@@H]1C(=O)Nc2ccccc2N1C(=O)c1cc(C(F)(F)F)cc(C(F)(F)F)c1. The van der Waals surface area contributed by atoms with Gasteiger partial charge in [-0.25, -0.2) is 0 Å². The van der Waals surface area contributed by atoms with E-state index in [1.807, 2.05) is 0 Å². The smallest absolute Gasteiger partial charge is 0.322 e. The molecule has 0 saturated carbocycles. The van der Waals surface area contributed by atoms with Crippen molar-refractivity contribution >= 4 is 23.2 Å². The van der Waals surface area contributed by atoms with E-state index in [1.165, 1.54) is 18.2 Å². The molecule has 154 valence electrons. The van der Waals surface area contributed by atoms with Gasteiger partial charge in [0.25, 0.3) is 5.91 Å². The number of hydrogen-bond acceptors (Lipinski definition) is 2. The standard InChI is InChI=1S/C19H14F6N2O2/c1-2-14-16(28)26-13-5-3-4-6-15(13)27(14)17(29)10-7-11(18(20,21)22)9-12(8-10)19(23,24)25/h3-9,14H,2H2,1H3,(H,26,28)/t14-/m1/s1. The van der Waals surface area contributed by atoms with E-state index in [2.05, 4.69) is 5.32 Å². The van der Waals surface area contributed by atoms with Gasteiger partial charge in [-0.05, 0) is 36.8 Å². The summed E-state index contributed by atoms with van der Waals surface area (Å²) in [6.07, 6.45) is -10.1. The second kappa shape index (κ2) is 7.09. The van der Waals surface area contributed by atoms with Crippen molar-refractivity contribution in [2.24, 2.45) is 0 Å². The number of carbonyl (C=O) groups excluding carboxylic acids is 2. The highest BCUT2D eigenvalue weighted by atomic mass is 19.4. The zero-order valence-corrected chi connectivity index (χ0v) is 14.9. The molecule has 2 amide bonds. The molecule has 0 radical (unpaired) electrons. The highest BCUT2D eigenvalue weighted by Crippen LogP contribution is 2.38. The van der Waals surface area contributed by atoms with Crippen molar-refractivity contribution in [2.75, 3.05) is 10.2 Å². The second-order valence-corrected chi connectivity index (χ2v) is 6.40. The van der Waals surface area contributed by atoms with E-state index in [0.29, 0.717) is 12.1 Å². The number of carbonyl (C=O) groups is 2. The number of alkyl halides is 6. The van der Waals surface area contributed by atoms with Gasteiger partial charge in [-0.3, -0.25) is 14.5 Å². The van der Waals surface area contributed by atoms with Crippen LogP contribution in [0.3, 0.4) is 0 Å². The molecule has 4 nitrogen and oxygen atoms in total. The van der Waals surface area contributed by atoms with Crippen molar-refractivity contribution in [3.05, 3.63) is 59.2 Å². The zero-order chi connectivity index (χ0) is 21.6. The van der Waals surface area contributed by atoms with Gasteiger partial charge in [0.2, 0.25) is 5.91 Å². The molecule has 0 unspecified atom stereocenters. The van der Waals surface area contributed by atoms with Crippen LogP contribution in [-0.4, -0.2) is 17.9 Å². The Morgan fingerprint density at radius 1 is 1.00 bits per heavy atom. The Morgan fingerprint density at radius 2 is 1.55 bits per heavy atom. The van der Waals surface area contributed by atoms with Crippen molar-refractivity contribution in [1.82, 2.24) is 0 Å². The van der Waals surface area contributed by atoms with Crippen LogP contribution in [0, 0.1) is 0 Å². The van der Waals surface area contributed by atoms with Crippen molar-refractivity contribution in [3.63, 3.8) is 0 Å². The average molecular weight is 416 g/mol. The molecule has 0 aromatic heterocycles. The third-order valence-corrected chi connectivity index (χ3v) is 4.48. The van der Waals surface area contributed by atoms with Crippen LogP contribution in [-0.2, 0) is 17.1 Å². The van der Waals surface area contributed by atoms with Crippen LogP contribution in [0.1, 0.15) is 34.8 Å². The molecule has 1 N–H and O–H groups in total. The fourth-order valence-electron chi connectivity index (χ4n) is 3.13. The summed E-state index contributed by atoms with van der Waals surface area (Å²) in [5, 5.41) is 2.58. The van der Waals surface area contributed by atoms with Gasteiger partial charge in [0.05, 0.1) is 22.5 Å². The summed E-state index contributed by atoms with van der Waals surface area (Å²) in [6.45, 7) is 1.58. The minimum absolute atomic E-state index is 0.0507. The van der Waals surface area contributed by atoms with Gasteiger partial charge in [0.1, 0.15) is 6.04 Å². The van der Waals surface area contributed by atoms with Crippen LogP contribution in [0.25, 0.3) is 0 Å². The van der Waals surface area contributed by atoms with Gasteiger partial charge in [0.15, 0.2) is 0 Å². The highest BCUT2D eigenvalue weighted by molar-refractivity contribution is 6.16. The number of rotatable bonds is 2. The molecule has 0 fully saturated rings. The third-order valence-electron chi connectivity index (χ3n) is 4.48. The molecule has 10 heteroatoms. The quantitative estimate of drug-likeness (QED) is 0.693. The van der Waals surface area contributed by atoms with Gasteiger partial charge in [-0.1, -0.05) is 19.1 Å². The van der Waals surface area contributed by atoms with E-state index >= 15 is 0 Å². The molecule has 0 spiro atoms. The molecule has 1 atom stereocenters. The number of amides is 2. The number of para-hydroxylation sites is 2. The minimum atomic E-state index is -5.09. The van der Waals surface area contributed by atoms with E-state index in [4.69, 9.17) is 0 Å². The molecule has 0 bridgehead atoms. The van der Waals surface area contributed by atoms with Crippen LogP contribution < -0.4 is 10.2 Å². The predicted molar refractivity (Wildman–Crippen MR) is 92.4 cm³/mol. The minimum Gasteiger partial charge on any atom is -0.322 e. The first kappa shape index (κ1) is 20.7. The maximum absolute atomic E-state index is 13.1. The van der Waals surface area contributed by atoms with Gasteiger partial charge >= 0.3 is 12.4 Å². The van der Waals surface area contributed by atoms with E-state index < -0.39 is 46.9 Å². The van der Waals surface area contributed by atoms with E-state index in [9.17, 15) is 35.9 Å². The van der Waals surface area contributed by atoms with Gasteiger partial charge < -0.3 is 5.32 Å². The monoisotopic (exact) mass is 416 g/mol. The Bertz CT molecular complexity index is 936. The van der Waals surface area contributed by atoms with E-state index in [0.717, 1.165) is 4.90 Å². The Hall–Kier alpha value is -3.04. The molecular formula is C19H14F6N2O2. The summed E-state index contributed by atoms with van der Waals surface area (Å²) in [5.41, 5.74) is -3.58. The number of halogens is 6. The Morgan fingerprint density at radius 3 is 2.07 bits per heavy atom. The molecule has 1 aliphatic heterocycles. The second-order valence-electron chi connectivity index (χ2n) is 6.40. The summed E-state index contributed by atoms with van der Waals surface area (Å²) >= 11 is 0. The van der Waals surface area contributed by atoms with Crippen LogP contribution in [0.4, 0.5) is 37.7 Å². The van der Waals surface area contributed by atoms with Crippen molar-refractivity contribution < 1.29 is 35.9 Å². The maximum Gasteiger partial charge on any atom is 0.416 e. The molecule has 3 rings (SSSR count). The van der Waals surface area contributed by atoms with Gasteiger partial charge in [0, 0.05) is 5.56 Å². The normalized spacial score (nSPS) is 17.0. The fraction of sp³-hybridized carbons (Fsp3) is 0.263. The Balaban J connectivity index is 2.18. The molecule has 2 aromatic rings. The molecular weight excluding hydrogens is 402 g/mol. The first-order valence-corrected chi connectivity index (χ1v) is 8.46. The lowest BCUT2D eigenvalue weighted by Gasteiger charge is -2.36. The highest BCUT2D eigenvalue weighted by Gasteiger charge is 2.40. The van der Waals surface area contributed by atoms with Crippen LogP contribution in [0.2, 0.25) is 0 Å². The summed E-state index contributed by atoms with van der Waals surface area (Å²) < 4.78 is 78.8. The maximum atomic E-state index is 13.1. The lowest BCUT2D eigenvalue weighted by molar-refractivity contribution is -0.143. The first-order valence-electron chi connectivity index (χ1n) is 8.46. The Labute approximate surface area is 161 Å². The molecule has 0 aliphatic carbocycles. The third kappa shape index (κ3) is 3.92. The predicted octanol–water partition coefficient (Wildman–Crippen LogP) is 5.10. The molecule has 1 aliphatic rings. The van der Waals surface area contributed by atoms with E-state index in [1.54, 1.807) is 13.0 Å². The molecule has 2 aromatic carbocycles. The summed E-state index contributed by atoms with van der Waals surface area (Å²) in [4.78, 5) is 26.3. The average Bonchev–Trinajstić information content (AvgIpc) is 2.64. The van der Waals surface area contributed by atoms with Crippen LogP contribution >= 0.6 is 0 Å². The first-order chi connectivity index (χ1) is 13.4. The number of hydrogen-bond donors (Lipinski definition) is 1. The lowest BCUT2D eigenvalue weighted by Crippen LogP contribution is -2.50. The topological polar surface area (TPSA) is 49.4 Å². The fourth-order valence-corrected chi connectivity index (χ4v) is 3.13. The zero-order valence-electron chi connectivity index (χ0n) is 14.9. The molecule has 1 heterocycles. The number of anilines is 2. The number of fused-ring (bicyclic) bond motifs is 1. The van der Waals surface area contributed by atoms with Crippen molar-refractivity contribution in [3.8, 4) is 0 Å². The number of nitrogens with one attached hydrogen (secondary N) is 1. The van der Waals surface area contributed by atoms with Gasteiger partial charge in [-0.15, -0.1) is 0 Å². The number of benzene rings is 2. The summed E-state index contributed by atoms with van der Waals surface area (Å²) in [6, 6.07) is 5.63. The van der Waals surface area contributed by atoms with Gasteiger partial charge in [-0.2, -0.15) is 26.3 Å². The Kier molecular flexibility index (Phi) is 5.06. The lowest BCUT2D eigenvalue weighted by atomic mass is 10.0. The van der Waals surface area contributed by atoms with Crippen LogP contribution in [0.5, 0.6) is 0 Å². The van der Waals surface area contributed by atoms with Crippen molar-refractivity contribution in [1.29, 1.82) is 0 Å². The molecule has 29 heavy (non-hydrogen) atoms. The van der Waals surface area contributed by atoms with Crippen LogP contribution in [0.15, 0.2) is 42.5 Å². The summed E-state index contributed by atoms with van der Waals surface area (Å²) in [5.74, 6) is -1.71.